The number of carbonyl (C=O) groups is 2. The highest BCUT2D eigenvalue weighted by Gasteiger charge is 2.64. The van der Waals surface area contributed by atoms with E-state index >= 15 is 0 Å². The fourth-order valence-electron chi connectivity index (χ4n) is 14.0. The molecule has 0 aromatic rings. The fourth-order valence-corrected chi connectivity index (χ4v) is 14.0. The van der Waals surface area contributed by atoms with Crippen molar-refractivity contribution in [1.29, 1.82) is 0 Å². The third-order valence-corrected chi connectivity index (χ3v) is 18.4. The first-order chi connectivity index (χ1) is 35.5. The van der Waals surface area contributed by atoms with Crippen LogP contribution >= 0.6 is 0 Å². The van der Waals surface area contributed by atoms with E-state index in [4.69, 9.17) is 42.6 Å². The van der Waals surface area contributed by atoms with Gasteiger partial charge in [-0.1, -0.05) is 32.4 Å². The number of allylic oxidation sites excluding steroid dienone is 1. The predicted molar refractivity (Wildman–Crippen MR) is 252 cm³/mol. The summed E-state index contributed by atoms with van der Waals surface area (Å²) in [6.07, 6.45) is -25.4. The summed E-state index contributed by atoms with van der Waals surface area (Å²) in [5.74, 6) is -0.754. The van der Waals surface area contributed by atoms with Crippen LogP contribution in [0.5, 0.6) is 0 Å². The Kier molecular flexibility index (Phi) is 18.9. The number of ketones is 1. The van der Waals surface area contributed by atoms with Gasteiger partial charge in [0.25, 0.3) is 0 Å². The molecule has 13 N–H and O–H groups in total. The number of hydrogen-bond donors (Lipinski definition) is 13. The number of carbonyl (C=O) groups excluding carboxylic acids is 2. The van der Waals surface area contributed by atoms with Crippen LogP contribution in [0.25, 0.3) is 0 Å². The Morgan fingerprint density at radius 2 is 1.23 bits per heavy atom. The van der Waals surface area contributed by atoms with Crippen LogP contribution in [0.4, 0.5) is 0 Å². The van der Waals surface area contributed by atoms with E-state index in [9.17, 15) is 76.0 Å². The maximum atomic E-state index is 13.5. The Labute approximate surface area is 435 Å². The van der Waals surface area contributed by atoms with Crippen molar-refractivity contribution in [3.05, 3.63) is 11.6 Å². The van der Waals surface area contributed by atoms with E-state index in [1.807, 2.05) is 6.92 Å². The largest absolute Gasteiger partial charge is 0.462 e. The number of rotatable bonds is 17. The number of aliphatic hydroxyl groups is 13. The Morgan fingerprint density at radius 3 is 1.85 bits per heavy atom. The summed E-state index contributed by atoms with van der Waals surface area (Å²) in [5.41, 5.74) is 0.437. The lowest BCUT2D eigenvalue weighted by molar-refractivity contribution is -0.394. The van der Waals surface area contributed by atoms with Gasteiger partial charge in [-0.05, 0) is 99.7 Å². The van der Waals surface area contributed by atoms with E-state index in [0.717, 1.165) is 18.4 Å². The van der Waals surface area contributed by atoms with E-state index in [2.05, 4.69) is 19.9 Å². The molecule has 4 aliphatic carbocycles. The lowest BCUT2D eigenvalue weighted by atomic mass is 9.47. The van der Waals surface area contributed by atoms with Crippen LogP contribution in [0.2, 0.25) is 0 Å². The van der Waals surface area contributed by atoms with Crippen LogP contribution in [0, 0.1) is 40.4 Å². The zero-order valence-corrected chi connectivity index (χ0v) is 43.2. The second-order valence-electron chi connectivity index (χ2n) is 23.1. The third kappa shape index (κ3) is 11.5. The van der Waals surface area contributed by atoms with Gasteiger partial charge in [-0.15, -0.1) is 0 Å². The molecule has 4 aliphatic heterocycles. The highest BCUT2D eigenvalue weighted by Crippen LogP contribution is 2.67. The van der Waals surface area contributed by atoms with Crippen LogP contribution < -0.4 is 0 Å². The molecule has 0 unspecified atom stereocenters. The number of ether oxygens (including phenoxy) is 9. The van der Waals surface area contributed by atoms with Crippen molar-refractivity contribution >= 4 is 11.8 Å². The molecule has 24 nitrogen and oxygen atoms in total. The molecule has 7 fully saturated rings. The molecule has 4 saturated heterocycles. The van der Waals surface area contributed by atoms with E-state index in [0.29, 0.717) is 38.5 Å². The first-order valence-electron chi connectivity index (χ1n) is 26.7. The molecule has 0 radical (unpaired) electrons. The van der Waals surface area contributed by atoms with Gasteiger partial charge < -0.3 is 109 Å². The quantitative estimate of drug-likeness (QED) is 0.0503. The van der Waals surface area contributed by atoms with Gasteiger partial charge in [0.05, 0.1) is 44.6 Å². The summed E-state index contributed by atoms with van der Waals surface area (Å²) >= 11 is 0. The van der Waals surface area contributed by atoms with Crippen molar-refractivity contribution in [2.75, 3.05) is 26.4 Å². The minimum Gasteiger partial charge on any atom is -0.462 e. The Balaban J connectivity index is 0.942. The number of aliphatic hydroxyl groups excluding tert-OH is 13. The number of fused-ring (bicyclic) bond motifs is 5. The fraction of sp³-hybridized carbons (Fsp3) is 0.922. The van der Waals surface area contributed by atoms with Crippen molar-refractivity contribution in [3.63, 3.8) is 0 Å². The maximum absolute atomic E-state index is 13.5. The molecule has 75 heavy (non-hydrogen) atoms. The molecular formula is C51H82O24. The van der Waals surface area contributed by atoms with Gasteiger partial charge in [0.1, 0.15) is 103 Å². The average molecular weight is 1080 g/mol. The molecule has 0 amide bonds. The van der Waals surface area contributed by atoms with Crippen LogP contribution in [0.3, 0.4) is 0 Å². The van der Waals surface area contributed by atoms with Crippen molar-refractivity contribution in [1.82, 2.24) is 0 Å². The van der Waals surface area contributed by atoms with Gasteiger partial charge in [-0.25, -0.2) is 0 Å². The van der Waals surface area contributed by atoms with E-state index < -0.39 is 172 Å². The standard InChI is InChI=1S/C51H82O24/c1-20(19-67-46-41(64)39(62)35(58)29(16-52)71-46)6-9-32(56)70-28-15-27-25-8-7-23-14-24(10-12-50(23,4)26(25)11-13-51(27,5)33(28)21(2)55)69-49-45(75-47-42(65)38(61)34(57)22(3)68-47)44(37(60)31(18-54)73-49)74-48-43(66)40(63)36(59)30(17-53)72-48/h7,20,22,24-31,33-49,52-54,57-66H,6,8-19H2,1-5H3/t20-,22+,24+,25-,26+,27+,28+,29-,30-,31-,33+,34+,35-,36-,37-,38-,39+,40+,41-,42-,43-,44+,45-,46-,47+,48+,49-,50+,51-/m1/s1. The van der Waals surface area contributed by atoms with Crippen molar-refractivity contribution in [2.45, 2.75) is 227 Å². The van der Waals surface area contributed by atoms with E-state index in [1.54, 1.807) is 6.92 Å². The zero-order chi connectivity index (χ0) is 54.6. The van der Waals surface area contributed by atoms with Gasteiger partial charge in [-0.2, -0.15) is 0 Å². The van der Waals surface area contributed by atoms with Gasteiger partial charge in [-0.3, -0.25) is 9.59 Å². The van der Waals surface area contributed by atoms with E-state index in [1.165, 1.54) is 6.92 Å². The maximum Gasteiger partial charge on any atom is 0.306 e. The van der Waals surface area contributed by atoms with Crippen LogP contribution in [-0.2, 0) is 52.2 Å². The second-order valence-corrected chi connectivity index (χ2v) is 23.1. The molecule has 0 bridgehead atoms. The summed E-state index contributed by atoms with van der Waals surface area (Å²) in [7, 11) is 0. The summed E-state index contributed by atoms with van der Waals surface area (Å²) in [4.78, 5) is 27.1. The summed E-state index contributed by atoms with van der Waals surface area (Å²) in [6, 6.07) is 0. The van der Waals surface area contributed by atoms with Gasteiger partial charge in [0.15, 0.2) is 25.2 Å². The molecule has 8 aliphatic rings. The minimum absolute atomic E-state index is 0.0368. The smallest absolute Gasteiger partial charge is 0.306 e. The molecular weight excluding hydrogens is 997 g/mol. The molecule has 0 aromatic carbocycles. The molecule has 0 aromatic heterocycles. The van der Waals surface area contributed by atoms with Crippen molar-refractivity contribution < 1.29 is 119 Å². The lowest BCUT2D eigenvalue weighted by Crippen LogP contribution is -2.67. The minimum atomic E-state index is -1.90. The number of esters is 1. The first-order valence-corrected chi connectivity index (χ1v) is 26.7. The predicted octanol–water partition coefficient (Wildman–Crippen LogP) is -3.23. The molecule has 4 heterocycles. The molecule has 24 heteroatoms. The lowest BCUT2D eigenvalue weighted by Gasteiger charge is -2.58. The topological polar surface area (TPSA) is 380 Å². The third-order valence-electron chi connectivity index (χ3n) is 18.4. The Bertz CT molecular complexity index is 1960. The summed E-state index contributed by atoms with van der Waals surface area (Å²) in [5, 5.41) is 136. The molecule has 430 valence electrons. The molecule has 8 rings (SSSR count). The van der Waals surface area contributed by atoms with Crippen molar-refractivity contribution in [3.8, 4) is 0 Å². The zero-order valence-electron chi connectivity index (χ0n) is 43.2. The number of hydrogen-bond acceptors (Lipinski definition) is 24. The molecule has 3 saturated carbocycles. The normalized spacial score (nSPS) is 50.5. The van der Waals surface area contributed by atoms with E-state index in [-0.39, 0.29) is 47.9 Å². The first kappa shape index (κ1) is 59.2. The number of Topliss-reactive ketones (excluding diaryl/α,β-unsaturated/α-hetero) is 1. The summed E-state index contributed by atoms with van der Waals surface area (Å²) < 4.78 is 53.9. The van der Waals surface area contributed by atoms with Crippen LogP contribution in [0.15, 0.2) is 11.6 Å². The van der Waals surface area contributed by atoms with Gasteiger partial charge in [0, 0.05) is 6.42 Å². The van der Waals surface area contributed by atoms with Gasteiger partial charge in [0.2, 0.25) is 0 Å². The van der Waals surface area contributed by atoms with Crippen LogP contribution in [0.1, 0.15) is 92.4 Å². The highest BCUT2D eigenvalue weighted by molar-refractivity contribution is 5.81. The monoisotopic (exact) mass is 1080 g/mol. The molecule has 0 spiro atoms. The van der Waals surface area contributed by atoms with Gasteiger partial charge >= 0.3 is 5.97 Å². The average Bonchev–Trinajstić information content (AvgIpc) is 3.73. The van der Waals surface area contributed by atoms with Crippen molar-refractivity contribution in [2.24, 2.45) is 40.4 Å². The van der Waals surface area contributed by atoms with Crippen LogP contribution in [-0.4, -0.2) is 240 Å². The summed E-state index contributed by atoms with van der Waals surface area (Å²) in [6.45, 7) is 7.16. The Morgan fingerprint density at radius 1 is 0.667 bits per heavy atom. The second kappa shape index (κ2) is 24.0. The SMILES string of the molecule is CC(=O)[C@H]1[C@@H](OC(=O)CC[C@@H](C)CO[C@@H]2O[C@H](CO)[C@@H](O)[C@H](O)[C@H]2O)C[C@H]2[C@@H]3CC=C4C[C@@H](O[C@@H]5O[C@H](CO)[C@@H](O)[C@H](O[C@@H]6O[C@H](CO)[C@@H](O)[C@H](O)[C@H]6O)[C@H]5O[C@@H]5O[C@@H](C)[C@H](O)[C@@H](O)[C@H]5O)CC[C@]4(C)[C@H]3CC[C@]21C. The molecule has 29 atom stereocenters. The Hall–Kier alpha value is -1.96. The highest BCUT2D eigenvalue weighted by atomic mass is 16.8.